The van der Waals surface area contributed by atoms with Gasteiger partial charge in [0.1, 0.15) is 0 Å². The van der Waals surface area contributed by atoms with Gasteiger partial charge in [-0.15, -0.1) is 0 Å². The summed E-state index contributed by atoms with van der Waals surface area (Å²) >= 11 is 3.35. The first-order valence-corrected chi connectivity index (χ1v) is 9.51. The lowest BCUT2D eigenvalue weighted by Gasteiger charge is -2.34. The van der Waals surface area contributed by atoms with Gasteiger partial charge in [-0.2, -0.15) is 0 Å². The second-order valence-electron chi connectivity index (χ2n) is 6.52. The van der Waals surface area contributed by atoms with Gasteiger partial charge in [-0.3, -0.25) is 14.5 Å². The lowest BCUT2D eigenvalue weighted by atomic mass is 10.1. The normalized spacial score (nSPS) is 15.2. The highest BCUT2D eigenvalue weighted by atomic mass is 79.9. The molecule has 3 rings (SSSR count). The molecule has 26 heavy (non-hydrogen) atoms. The van der Waals surface area contributed by atoms with Crippen molar-refractivity contribution < 1.29 is 14.1 Å². The quantitative estimate of drug-likeness (QED) is 0.673. The minimum atomic E-state index is 0.00479. The van der Waals surface area contributed by atoms with Crippen molar-refractivity contribution in [2.45, 2.75) is 26.3 Å². The second-order valence-corrected chi connectivity index (χ2v) is 7.44. The molecule has 7 heteroatoms. The van der Waals surface area contributed by atoms with E-state index in [9.17, 15) is 9.59 Å². The first-order valence-electron chi connectivity index (χ1n) is 8.72. The number of hydrogen-bond acceptors (Lipinski definition) is 5. The van der Waals surface area contributed by atoms with Gasteiger partial charge in [0, 0.05) is 55.1 Å². The maximum atomic E-state index is 12.4. The van der Waals surface area contributed by atoms with Crippen LogP contribution in [0.15, 0.2) is 39.3 Å². The number of carbonyl (C=O) groups is 2. The number of carbonyl (C=O) groups excluding carboxylic acids is 2. The molecule has 0 atom stereocenters. The van der Waals surface area contributed by atoms with E-state index in [0.29, 0.717) is 25.2 Å². The monoisotopic (exact) mass is 419 g/mol. The molecule has 6 nitrogen and oxygen atoms in total. The molecule has 2 aromatic rings. The number of piperazine rings is 1. The molecule has 0 spiro atoms. The van der Waals surface area contributed by atoms with Crippen molar-refractivity contribution in [1.29, 1.82) is 0 Å². The summed E-state index contributed by atoms with van der Waals surface area (Å²) in [5.74, 6) is 0.901. The Morgan fingerprint density at radius 1 is 1.12 bits per heavy atom. The number of aromatic nitrogens is 1. The van der Waals surface area contributed by atoms with Crippen LogP contribution in [0.2, 0.25) is 0 Å². The zero-order valence-electron chi connectivity index (χ0n) is 14.8. The number of aryl methyl sites for hydroxylation is 1. The summed E-state index contributed by atoms with van der Waals surface area (Å²) in [5, 5.41) is 3.90. The van der Waals surface area contributed by atoms with Crippen LogP contribution in [0.3, 0.4) is 0 Å². The summed E-state index contributed by atoms with van der Waals surface area (Å²) in [6.07, 6.45) is 0.508. The van der Waals surface area contributed by atoms with Crippen molar-refractivity contribution in [2.24, 2.45) is 0 Å². The molecule has 0 saturated carbocycles. The largest absolute Gasteiger partial charge is 0.360 e. The second kappa shape index (κ2) is 8.60. The SMILES string of the molecule is Cc1cc(CN2CCN(C(=O)CCC(=O)c3ccc(Br)cc3)CC2)on1. The molecule has 1 amide bonds. The van der Waals surface area contributed by atoms with Gasteiger partial charge in [0.05, 0.1) is 12.2 Å². The fraction of sp³-hybridized carbons (Fsp3) is 0.421. The molecule has 2 heterocycles. The van der Waals surface area contributed by atoms with Gasteiger partial charge in [0.25, 0.3) is 0 Å². The fourth-order valence-corrected chi connectivity index (χ4v) is 3.29. The van der Waals surface area contributed by atoms with E-state index in [2.05, 4.69) is 26.0 Å². The first kappa shape index (κ1) is 18.8. The molecule has 1 fully saturated rings. The third-order valence-electron chi connectivity index (χ3n) is 4.51. The van der Waals surface area contributed by atoms with Gasteiger partial charge in [-0.1, -0.05) is 33.2 Å². The predicted molar refractivity (Wildman–Crippen MR) is 101 cm³/mol. The number of benzene rings is 1. The molecule has 1 aromatic heterocycles. The number of nitrogens with zero attached hydrogens (tertiary/aromatic N) is 3. The topological polar surface area (TPSA) is 66.7 Å². The van der Waals surface area contributed by atoms with E-state index in [-0.39, 0.29) is 24.5 Å². The van der Waals surface area contributed by atoms with Crippen LogP contribution in [0.1, 0.15) is 34.7 Å². The van der Waals surface area contributed by atoms with E-state index < -0.39 is 0 Å². The molecule has 1 saturated heterocycles. The number of rotatable bonds is 6. The number of amides is 1. The van der Waals surface area contributed by atoms with Crippen LogP contribution >= 0.6 is 15.9 Å². The van der Waals surface area contributed by atoms with E-state index in [0.717, 1.165) is 29.0 Å². The Balaban J connectivity index is 1.42. The maximum absolute atomic E-state index is 12.4. The molecular weight excluding hydrogens is 398 g/mol. The lowest BCUT2D eigenvalue weighted by molar-refractivity contribution is -0.133. The van der Waals surface area contributed by atoms with E-state index in [1.807, 2.05) is 30.0 Å². The summed E-state index contributed by atoms with van der Waals surface area (Å²) < 4.78 is 6.18. The van der Waals surface area contributed by atoms with Gasteiger partial charge >= 0.3 is 0 Å². The van der Waals surface area contributed by atoms with E-state index in [4.69, 9.17) is 4.52 Å². The smallest absolute Gasteiger partial charge is 0.223 e. The van der Waals surface area contributed by atoms with Crippen LogP contribution in [0.5, 0.6) is 0 Å². The summed E-state index contributed by atoms with van der Waals surface area (Å²) in [4.78, 5) is 28.7. The third kappa shape index (κ3) is 5.02. The first-order chi connectivity index (χ1) is 12.5. The Bertz CT molecular complexity index is 765. The maximum Gasteiger partial charge on any atom is 0.223 e. The summed E-state index contributed by atoms with van der Waals surface area (Å²) in [6, 6.07) is 9.17. The third-order valence-corrected chi connectivity index (χ3v) is 5.04. The van der Waals surface area contributed by atoms with E-state index in [1.165, 1.54) is 0 Å². The summed E-state index contributed by atoms with van der Waals surface area (Å²) in [7, 11) is 0. The molecule has 1 aliphatic heterocycles. The Labute approximate surface area is 161 Å². The Morgan fingerprint density at radius 3 is 2.42 bits per heavy atom. The van der Waals surface area contributed by atoms with E-state index >= 15 is 0 Å². The number of ketones is 1. The molecule has 0 radical (unpaired) electrons. The van der Waals surface area contributed by atoms with Gasteiger partial charge in [0.2, 0.25) is 5.91 Å². The average Bonchev–Trinajstić information content (AvgIpc) is 3.05. The van der Waals surface area contributed by atoms with Crippen molar-refractivity contribution in [1.82, 2.24) is 15.0 Å². The zero-order chi connectivity index (χ0) is 18.5. The minimum Gasteiger partial charge on any atom is -0.360 e. The van der Waals surface area contributed by atoms with Gasteiger partial charge in [-0.05, 0) is 19.1 Å². The Hall–Kier alpha value is -1.99. The molecule has 1 aromatic carbocycles. The highest BCUT2D eigenvalue weighted by Gasteiger charge is 2.22. The van der Waals surface area contributed by atoms with Crippen molar-refractivity contribution in [2.75, 3.05) is 26.2 Å². The Kier molecular flexibility index (Phi) is 6.21. The van der Waals surface area contributed by atoms with Crippen LogP contribution in [0.25, 0.3) is 0 Å². The average molecular weight is 420 g/mol. The minimum absolute atomic E-state index is 0.00479. The molecule has 0 bridgehead atoms. The summed E-state index contributed by atoms with van der Waals surface area (Å²) in [5.41, 5.74) is 1.53. The number of halogens is 1. The zero-order valence-corrected chi connectivity index (χ0v) is 16.4. The van der Waals surface area contributed by atoms with Gasteiger partial charge in [-0.25, -0.2) is 0 Å². The highest BCUT2D eigenvalue weighted by Crippen LogP contribution is 2.14. The van der Waals surface area contributed by atoms with Gasteiger partial charge in [0.15, 0.2) is 11.5 Å². The molecule has 1 aliphatic rings. The fourth-order valence-electron chi connectivity index (χ4n) is 3.03. The number of Topliss-reactive ketones (excluding diaryl/α,β-unsaturated/α-hetero) is 1. The van der Waals surface area contributed by atoms with Crippen molar-refractivity contribution in [3.05, 3.63) is 51.8 Å². The van der Waals surface area contributed by atoms with Crippen LogP contribution in [-0.2, 0) is 11.3 Å². The molecule has 0 aliphatic carbocycles. The van der Waals surface area contributed by atoms with Crippen LogP contribution < -0.4 is 0 Å². The van der Waals surface area contributed by atoms with E-state index in [1.54, 1.807) is 12.1 Å². The molecule has 138 valence electrons. The van der Waals surface area contributed by atoms with Gasteiger partial charge < -0.3 is 9.42 Å². The standard InChI is InChI=1S/C19H22BrN3O3/c1-14-12-17(26-21-14)13-22-8-10-23(11-9-22)19(25)7-6-18(24)15-2-4-16(20)5-3-15/h2-5,12H,6-11,13H2,1H3. The van der Waals surface area contributed by atoms with Crippen LogP contribution in [0, 0.1) is 6.92 Å². The highest BCUT2D eigenvalue weighted by molar-refractivity contribution is 9.10. The van der Waals surface area contributed by atoms with Crippen LogP contribution in [-0.4, -0.2) is 52.8 Å². The van der Waals surface area contributed by atoms with Crippen molar-refractivity contribution in [3.8, 4) is 0 Å². The van der Waals surface area contributed by atoms with Crippen LogP contribution in [0.4, 0.5) is 0 Å². The number of hydrogen-bond donors (Lipinski definition) is 0. The van der Waals surface area contributed by atoms with Crippen molar-refractivity contribution in [3.63, 3.8) is 0 Å². The molecule has 0 unspecified atom stereocenters. The van der Waals surface area contributed by atoms with Crippen molar-refractivity contribution >= 4 is 27.6 Å². The molecule has 0 N–H and O–H groups in total. The lowest BCUT2D eigenvalue weighted by Crippen LogP contribution is -2.48. The predicted octanol–water partition coefficient (Wildman–Crippen LogP) is 3.05. The molecular formula is C19H22BrN3O3. The summed E-state index contributed by atoms with van der Waals surface area (Å²) in [6.45, 7) is 5.57. The Morgan fingerprint density at radius 2 is 1.81 bits per heavy atom.